The summed E-state index contributed by atoms with van der Waals surface area (Å²) in [5, 5.41) is 2.48. The standard InChI is InChI=1S/C8H18F2N2/c1-4-12(5-2)7-8(9,10)6-11-3/h11H,4-7H2,1-3H3. The van der Waals surface area contributed by atoms with Gasteiger partial charge in [-0.05, 0) is 20.1 Å². The zero-order valence-corrected chi connectivity index (χ0v) is 8.03. The van der Waals surface area contributed by atoms with Gasteiger partial charge in [0.15, 0.2) is 0 Å². The molecule has 0 saturated carbocycles. The average molecular weight is 180 g/mol. The maximum atomic E-state index is 12.9. The van der Waals surface area contributed by atoms with Gasteiger partial charge in [-0.2, -0.15) is 0 Å². The van der Waals surface area contributed by atoms with E-state index in [4.69, 9.17) is 0 Å². The van der Waals surface area contributed by atoms with Gasteiger partial charge in [0.25, 0.3) is 5.92 Å². The Hall–Kier alpha value is -0.220. The van der Waals surface area contributed by atoms with Crippen molar-refractivity contribution in [3.05, 3.63) is 0 Å². The molecule has 0 atom stereocenters. The molecule has 0 aromatic rings. The van der Waals surface area contributed by atoms with Gasteiger partial charge < -0.3 is 5.32 Å². The Morgan fingerprint density at radius 2 is 1.75 bits per heavy atom. The van der Waals surface area contributed by atoms with Gasteiger partial charge in [0.1, 0.15) is 0 Å². The smallest absolute Gasteiger partial charge is 0.272 e. The van der Waals surface area contributed by atoms with E-state index < -0.39 is 5.92 Å². The van der Waals surface area contributed by atoms with Crippen LogP contribution in [-0.2, 0) is 0 Å². The van der Waals surface area contributed by atoms with Crippen molar-refractivity contribution < 1.29 is 8.78 Å². The summed E-state index contributed by atoms with van der Waals surface area (Å²) in [6.07, 6.45) is 0. The number of rotatable bonds is 6. The van der Waals surface area contributed by atoms with Crippen molar-refractivity contribution in [2.24, 2.45) is 0 Å². The summed E-state index contributed by atoms with van der Waals surface area (Å²) in [7, 11) is 1.54. The first kappa shape index (κ1) is 11.8. The summed E-state index contributed by atoms with van der Waals surface area (Å²) >= 11 is 0. The van der Waals surface area contributed by atoms with Crippen LogP contribution < -0.4 is 5.32 Å². The molecule has 2 nitrogen and oxygen atoms in total. The molecule has 0 amide bonds. The zero-order chi connectivity index (χ0) is 9.61. The molecule has 74 valence electrons. The number of hydrogen-bond donors (Lipinski definition) is 1. The van der Waals surface area contributed by atoms with Crippen molar-refractivity contribution >= 4 is 0 Å². The first-order chi connectivity index (χ1) is 5.55. The molecule has 0 saturated heterocycles. The fourth-order valence-corrected chi connectivity index (χ4v) is 1.09. The fraction of sp³-hybridized carbons (Fsp3) is 1.00. The van der Waals surface area contributed by atoms with E-state index in [1.54, 1.807) is 4.90 Å². The summed E-state index contributed by atoms with van der Waals surface area (Å²) in [6.45, 7) is 4.73. The van der Waals surface area contributed by atoms with Gasteiger partial charge in [-0.3, -0.25) is 4.90 Å². The molecule has 0 spiro atoms. The van der Waals surface area contributed by atoms with Gasteiger partial charge in [0, 0.05) is 0 Å². The first-order valence-corrected chi connectivity index (χ1v) is 4.30. The molecule has 0 aliphatic heterocycles. The lowest BCUT2D eigenvalue weighted by Gasteiger charge is -2.24. The highest BCUT2D eigenvalue weighted by Gasteiger charge is 2.29. The third kappa shape index (κ3) is 4.62. The Balaban J connectivity index is 3.84. The highest BCUT2D eigenvalue weighted by molar-refractivity contribution is 4.72. The molecular formula is C8H18F2N2. The van der Waals surface area contributed by atoms with Crippen molar-refractivity contribution in [3.8, 4) is 0 Å². The predicted molar refractivity (Wildman–Crippen MR) is 46.7 cm³/mol. The first-order valence-electron chi connectivity index (χ1n) is 4.30. The van der Waals surface area contributed by atoms with Crippen LogP contribution in [0.2, 0.25) is 0 Å². The molecule has 0 unspecified atom stereocenters. The number of halogens is 2. The van der Waals surface area contributed by atoms with E-state index in [1.807, 2.05) is 13.8 Å². The molecule has 0 aliphatic rings. The molecule has 0 fully saturated rings. The van der Waals surface area contributed by atoms with Gasteiger partial charge in [-0.1, -0.05) is 13.8 Å². The van der Waals surface area contributed by atoms with Crippen LogP contribution in [-0.4, -0.2) is 44.0 Å². The molecule has 0 aromatic heterocycles. The molecule has 12 heavy (non-hydrogen) atoms. The fourth-order valence-electron chi connectivity index (χ4n) is 1.09. The second kappa shape index (κ2) is 5.43. The molecular weight excluding hydrogens is 162 g/mol. The maximum absolute atomic E-state index is 12.9. The minimum atomic E-state index is -2.61. The van der Waals surface area contributed by atoms with Crippen molar-refractivity contribution in [2.45, 2.75) is 19.8 Å². The zero-order valence-electron chi connectivity index (χ0n) is 8.03. The van der Waals surface area contributed by atoms with E-state index in [2.05, 4.69) is 5.32 Å². The maximum Gasteiger partial charge on any atom is 0.272 e. The minimum Gasteiger partial charge on any atom is -0.314 e. The van der Waals surface area contributed by atoms with E-state index in [-0.39, 0.29) is 13.1 Å². The van der Waals surface area contributed by atoms with E-state index in [1.165, 1.54) is 7.05 Å². The Morgan fingerprint density at radius 3 is 2.08 bits per heavy atom. The second-order valence-corrected chi connectivity index (χ2v) is 2.85. The number of nitrogens with one attached hydrogen (secondary N) is 1. The number of nitrogens with zero attached hydrogens (tertiary/aromatic N) is 1. The quantitative estimate of drug-likeness (QED) is 0.660. The SMILES string of the molecule is CCN(CC)CC(F)(F)CNC. The van der Waals surface area contributed by atoms with Crippen molar-refractivity contribution in [1.82, 2.24) is 10.2 Å². The Kier molecular flexibility index (Phi) is 5.33. The van der Waals surface area contributed by atoms with Crippen molar-refractivity contribution in [1.29, 1.82) is 0 Å². The predicted octanol–water partition coefficient (Wildman–Crippen LogP) is 1.18. The largest absolute Gasteiger partial charge is 0.314 e. The van der Waals surface area contributed by atoms with Crippen LogP contribution in [0.1, 0.15) is 13.8 Å². The third-order valence-electron chi connectivity index (χ3n) is 1.78. The summed E-state index contributed by atoms with van der Waals surface area (Å²) in [5.74, 6) is -2.61. The van der Waals surface area contributed by atoms with Crippen LogP contribution in [0.25, 0.3) is 0 Å². The van der Waals surface area contributed by atoms with Gasteiger partial charge in [0.05, 0.1) is 13.1 Å². The van der Waals surface area contributed by atoms with Gasteiger partial charge in [-0.25, -0.2) is 8.78 Å². The molecule has 0 radical (unpaired) electrons. The lowest BCUT2D eigenvalue weighted by molar-refractivity contribution is -0.0269. The second-order valence-electron chi connectivity index (χ2n) is 2.85. The lowest BCUT2D eigenvalue weighted by atomic mass is 10.3. The molecule has 1 N–H and O–H groups in total. The molecule has 0 bridgehead atoms. The Bertz CT molecular complexity index is 114. The summed E-state index contributed by atoms with van der Waals surface area (Å²) in [5.41, 5.74) is 0. The molecule has 0 aromatic carbocycles. The minimum absolute atomic E-state index is 0.152. The molecule has 0 rings (SSSR count). The van der Waals surface area contributed by atoms with E-state index in [9.17, 15) is 8.78 Å². The summed E-state index contributed by atoms with van der Waals surface area (Å²) < 4.78 is 25.9. The van der Waals surface area contributed by atoms with Gasteiger partial charge >= 0.3 is 0 Å². The molecule has 0 aliphatic carbocycles. The van der Waals surface area contributed by atoms with E-state index in [0.717, 1.165) is 0 Å². The summed E-state index contributed by atoms with van der Waals surface area (Å²) in [6, 6.07) is 0. The highest BCUT2D eigenvalue weighted by atomic mass is 19.3. The van der Waals surface area contributed by atoms with E-state index >= 15 is 0 Å². The van der Waals surface area contributed by atoms with Crippen LogP contribution in [0.15, 0.2) is 0 Å². The van der Waals surface area contributed by atoms with Crippen LogP contribution in [0.5, 0.6) is 0 Å². The van der Waals surface area contributed by atoms with E-state index in [0.29, 0.717) is 13.1 Å². The van der Waals surface area contributed by atoms with Gasteiger partial charge in [-0.15, -0.1) is 0 Å². The lowest BCUT2D eigenvalue weighted by Crippen LogP contribution is -2.42. The Morgan fingerprint density at radius 1 is 1.25 bits per heavy atom. The third-order valence-corrected chi connectivity index (χ3v) is 1.78. The average Bonchev–Trinajstić information content (AvgIpc) is 2.00. The molecule has 4 heteroatoms. The molecule has 0 heterocycles. The number of alkyl halides is 2. The Labute approximate surface area is 72.9 Å². The van der Waals surface area contributed by atoms with Crippen LogP contribution in [0, 0.1) is 0 Å². The van der Waals surface area contributed by atoms with Crippen LogP contribution >= 0.6 is 0 Å². The van der Waals surface area contributed by atoms with Crippen molar-refractivity contribution in [3.63, 3.8) is 0 Å². The monoisotopic (exact) mass is 180 g/mol. The van der Waals surface area contributed by atoms with Crippen molar-refractivity contribution in [2.75, 3.05) is 33.2 Å². The van der Waals surface area contributed by atoms with Crippen LogP contribution in [0.4, 0.5) is 8.78 Å². The number of hydrogen-bond acceptors (Lipinski definition) is 2. The normalized spacial score (nSPS) is 12.5. The summed E-state index contributed by atoms with van der Waals surface area (Å²) in [4.78, 5) is 1.72. The highest BCUT2D eigenvalue weighted by Crippen LogP contribution is 2.13. The van der Waals surface area contributed by atoms with Gasteiger partial charge in [0.2, 0.25) is 0 Å². The van der Waals surface area contributed by atoms with Crippen LogP contribution in [0.3, 0.4) is 0 Å². The topological polar surface area (TPSA) is 15.3 Å².